The molecule has 0 saturated heterocycles. The fourth-order valence-electron chi connectivity index (χ4n) is 2.46. The first-order valence-electron chi connectivity index (χ1n) is 8.99. The molecular formula is C21H22FN3O2S. The monoisotopic (exact) mass is 399 g/mol. The number of rotatable bonds is 8. The van der Waals surface area contributed by atoms with Gasteiger partial charge in [-0.2, -0.15) is 5.10 Å². The van der Waals surface area contributed by atoms with Gasteiger partial charge in [0.05, 0.1) is 24.6 Å². The number of hydrogen-bond donors (Lipinski definition) is 1. The van der Waals surface area contributed by atoms with E-state index < -0.39 is 0 Å². The van der Waals surface area contributed by atoms with Gasteiger partial charge in [-0.3, -0.25) is 5.43 Å². The first kappa shape index (κ1) is 19.8. The van der Waals surface area contributed by atoms with Crippen molar-refractivity contribution >= 4 is 22.7 Å². The minimum absolute atomic E-state index is 0.0700. The second-order valence-electron chi connectivity index (χ2n) is 6.22. The summed E-state index contributed by atoms with van der Waals surface area (Å²) in [6.45, 7) is 6.44. The van der Waals surface area contributed by atoms with Crippen LogP contribution >= 0.6 is 11.3 Å². The van der Waals surface area contributed by atoms with Crippen LogP contribution in [-0.2, 0) is 0 Å². The Morgan fingerprint density at radius 2 is 1.96 bits per heavy atom. The lowest BCUT2D eigenvalue weighted by Gasteiger charge is -2.14. The van der Waals surface area contributed by atoms with E-state index in [-0.39, 0.29) is 11.9 Å². The Kier molecular flexibility index (Phi) is 6.60. The number of nitrogens with one attached hydrogen (secondary N) is 1. The molecular weight excluding hydrogens is 377 g/mol. The van der Waals surface area contributed by atoms with Gasteiger partial charge in [-0.1, -0.05) is 0 Å². The van der Waals surface area contributed by atoms with Gasteiger partial charge in [-0.25, -0.2) is 9.37 Å². The van der Waals surface area contributed by atoms with Crippen molar-refractivity contribution in [1.29, 1.82) is 0 Å². The number of aromatic nitrogens is 1. The molecule has 0 unspecified atom stereocenters. The molecule has 0 bridgehead atoms. The van der Waals surface area contributed by atoms with E-state index in [4.69, 9.17) is 9.47 Å². The normalized spacial score (nSPS) is 11.2. The average Bonchev–Trinajstić information content (AvgIpc) is 3.13. The molecule has 0 fully saturated rings. The van der Waals surface area contributed by atoms with Crippen molar-refractivity contribution in [3.8, 4) is 22.8 Å². The van der Waals surface area contributed by atoms with Gasteiger partial charge in [0.2, 0.25) is 5.13 Å². The van der Waals surface area contributed by atoms with Gasteiger partial charge in [0.1, 0.15) is 5.82 Å². The topological polar surface area (TPSA) is 55.7 Å². The molecule has 0 spiro atoms. The van der Waals surface area contributed by atoms with Crippen LogP contribution in [0.2, 0.25) is 0 Å². The second kappa shape index (κ2) is 9.32. The summed E-state index contributed by atoms with van der Waals surface area (Å²) in [5.41, 5.74) is 5.43. The van der Waals surface area contributed by atoms with Crippen molar-refractivity contribution in [3.63, 3.8) is 0 Å². The summed E-state index contributed by atoms with van der Waals surface area (Å²) in [4.78, 5) is 4.46. The van der Waals surface area contributed by atoms with Crippen molar-refractivity contribution in [2.45, 2.75) is 26.9 Å². The third kappa shape index (κ3) is 5.29. The fraction of sp³-hybridized carbons (Fsp3) is 0.238. The first-order chi connectivity index (χ1) is 13.5. The van der Waals surface area contributed by atoms with Crippen LogP contribution in [0.25, 0.3) is 11.3 Å². The Morgan fingerprint density at radius 3 is 2.68 bits per heavy atom. The van der Waals surface area contributed by atoms with E-state index in [1.165, 1.54) is 23.5 Å². The molecule has 0 radical (unpaired) electrons. The van der Waals surface area contributed by atoms with Crippen LogP contribution in [0, 0.1) is 5.82 Å². The van der Waals surface area contributed by atoms with Gasteiger partial charge in [-0.05, 0) is 68.8 Å². The van der Waals surface area contributed by atoms with Crippen molar-refractivity contribution in [2.75, 3.05) is 12.0 Å². The SMILES string of the molecule is CCOc1cc(/C=N\Nc2nc(-c3ccc(F)cc3)cs2)ccc1OC(C)C. The third-order valence-electron chi connectivity index (χ3n) is 3.65. The predicted molar refractivity (Wildman–Crippen MR) is 112 cm³/mol. The number of hydrogen-bond acceptors (Lipinski definition) is 6. The highest BCUT2D eigenvalue weighted by molar-refractivity contribution is 7.14. The molecule has 0 saturated carbocycles. The number of anilines is 1. The molecule has 0 aliphatic rings. The molecule has 7 heteroatoms. The highest BCUT2D eigenvalue weighted by atomic mass is 32.1. The predicted octanol–water partition coefficient (Wildman–Crippen LogP) is 5.58. The molecule has 1 aromatic heterocycles. The molecule has 5 nitrogen and oxygen atoms in total. The molecule has 146 valence electrons. The van der Waals surface area contributed by atoms with Crippen LogP contribution in [0.15, 0.2) is 52.9 Å². The summed E-state index contributed by atoms with van der Waals surface area (Å²) in [7, 11) is 0. The molecule has 0 amide bonds. The summed E-state index contributed by atoms with van der Waals surface area (Å²) in [6.07, 6.45) is 1.77. The number of thiazole rings is 1. The third-order valence-corrected chi connectivity index (χ3v) is 4.40. The van der Waals surface area contributed by atoms with Crippen molar-refractivity contribution in [2.24, 2.45) is 5.10 Å². The van der Waals surface area contributed by atoms with E-state index in [1.807, 2.05) is 44.4 Å². The van der Waals surface area contributed by atoms with Gasteiger partial charge in [-0.15, -0.1) is 11.3 Å². The maximum atomic E-state index is 13.0. The van der Waals surface area contributed by atoms with Crippen molar-refractivity contribution in [1.82, 2.24) is 4.98 Å². The van der Waals surface area contributed by atoms with Crippen LogP contribution in [0.5, 0.6) is 11.5 Å². The Labute approximate surface area is 167 Å². The van der Waals surface area contributed by atoms with Gasteiger partial charge < -0.3 is 9.47 Å². The highest BCUT2D eigenvalue weighted by Gasteiger charge is 2.08. The van der Waals surface area contributed by atoms with Crippen LogP contribution in [-0.4, -0.2) is 23.9 Å². The zero-order valence-electron chi connectivity index (χ0n) is 16.0. The lowest BCUT2D eigenvalue weighted by Crippen LogP contribution is -2.07. The van der Waals surface area contributed by atoms with Crippen molar-refractivity contribution < 1.29 is 13.9 Å². The van der Waals surface area contributed by atoms with E-state index >= 15 is 0 Å². The minimum atomic E-state index is -0.266. The summed E-state index contributed by atoms with van der Waals surface area (Å²) in [6, 6.07) is 11.9. The van der Waals surface area contributed by atoms with E-state index in [2.05, 4.69) is 15.5 Å². The second-order valence-corrected chi connectivity index (χ2v) is 7.08. The van der Waals surface area contributed by atoms with E-state index in [0.29, 0.717) is 23.2 Å². The number of halogens is 1. The standard InChI is InChI=1S/C21H22FN3O2S/c1-4-26-20-11-15(5-10-19(20)27-14(2)3)12-23-25-21-24-18(13-28-21)16-6-8-17(22)9-7-16/h5-14H,4H2,1-3H3,(H,24,25)/b23-12-. The maximum absolute atomic E-state index is 13.0. The Bertz CT molecular complexity index is 939. The Hall–Kier alpha value is -2.93. The number of benzene rings is 2. The smallest absolute Gasteiger partial charge is 0.203 e. The van der Waals surface area contributed by atoms with Crippen LogP contribution in [0.3, 0.4) is 0 Å². The van der Waals surface area contributed by atoms with E-state index in [9.17, 15) is 4.39 Å². The maximum Gasteiger partial charge on any atom is 0.203 e. The lowest BCUT2D eigenvalue weighted by molar-refractivity contribution is 0.224. The van der Waals surface area contributed by atoms with Gasteiger partial charge >= 0.3 is 0 Å². The summed E-state index contributed by atoms with van der Waals surface area (Å²) in [5, 5.41) is 6.79. The van der Waals surface area contributed by atoms with Crippen LogP contribution < -0.4 is 14.9 Å². The minimum Gasteiger partial charge on any atom is -0.490 e. The quantitative estimate of drug-likeness (QED) is 0.397. The lowest BCUT2D eigenvalue weighted by atomic mass is 10.2. The molecule has 3 aromatic rings. The number of nitrogens with zero attached hydrogens (tertiary/aromatic N) is 2. The van der Waals surface area contributed by atoms with E-state index in [1.54, 1.807) is 18.3 Å². The number of ether oxygens (including phenoxy) is 2. The zero-order chi connectivity index (χ0) is 19.9. The first-order valence-corrected chi connectivity index (χ1v) is 9.87. The van der Waals surface area contributed by atoms with Crippen LogP contribution in [0.4, 0.5) is 9.52 Å². The molecule has 1 heterocycles. The highest BCUT2D eigenvalue weighted by Crippen LogP contribution is 2.29. The molecule has 3 rings (SSSR count). The van der Waals surface area contributed by atoms with Gasteiger partial charge in [0.25, 0.3) is 0 Å². The van der Waals surface area contributed by atoms with Crippen molar-refractivity contribution in [3.05, 3.63) is 59.2 Å². The zero-order valence-corrected chi connectivity index (χ0v) is 16.8. The van der Waals surface area contributed by atoms with Crippen LogP contribution in [0.1, 0.15) is 26.3 Å². The van der Waals surface area contributed by atoms with Gasteiger partial charge in [0.15, 0.2) is 11.5 Å². The molecule has 2 aromatic carbocycles. The molecule has 0 aliphatic carbocycles. The molecule has 28 heavy (non-hydrogen) atoms. The summed E-state index contributed by atoms with van der Waals surface area (Å²) >= 11 is 1.43. The molecule has 0 atom stereocenters. The van der Waals surface area contributed by atoms with E-state index in [0.717, 1.165) is 16.8 Å². The molecule has 1 N–H and O–H groups in total. The number of hydrazone groups is 1. The molecule has 0 aliphatic heterocycles. The Balaban J connectivity index is 1.67. The van der Waals surface area contributed by atoms with Gasteiger partial charge in [0, 0.05) is 10.9 Å². The largest absolute Gasteiger partial charge is 0.490 e. The fourth-order valence-corrected chi connectivity index (χ4v) is 3.13. The average molecular weight is 399 g/mol. The Morgan fingerprint density at radius 1 is 1.18 bits per heavy atom. The summed E-state index contributed by atoms with van der Waals surface area (Å²) in [5.74, 6) is 1.14. The summed E-state index contributed by atoms with van der Waals surface area (Å²) < 4.78 is 24.5.